The predicted octanol–water partition coefficient (Wildman–Crippen LogP) is 4.29. The Kier molecular flexibility index (Phi) is 4.66. The summed E-state index contributed by atoms with van der Waals surface area (Å²) < 4.78 is 5.75. The van der Waals surface area contributed by atoms with Crippen LogP contribution in [0, 0.1) is 0 Å². The Morgan fingerprint density at radius 1 is 1.04 bits per heavy atom. The van der Waals surface area contributed by atoms with E-state index >= 15 is 0 Å². The van der Waals surface area contributed by atoms with E-state index in [9.17, 15) is 10.0 Å². The topological polar surface area (TPSA) is 65.0 Å². The van der Waals surface area contributed by atoms with Gasteiger partial charge < -0.3 is 4.74 Å². The first-order valence-electron chi connectivity index (χ1n) is 9.03. The van der Waals surface area contributed by atoms with Crippen molar-refractivity contribution in [3.63, 3.8) is 0 Å². The average Bonchev–Trinajstić information content (AvgIpc) is 3.04. The van der Waals surface area contributed by atoms with E-state index in [2.05, 4.69) is 12.5 Å². The zero-order chi connectivity index (χ0) is 18.8. The van der Waals surface area contributed by atoms with E-state index in [0.29, 0.717) is 23.5 Å². The van der Waals surface area contributed by atoms with Gasteiger partial charge in [-0.25, -0.2) is 5.01 Å². The van der Waals surface area contributed by atoms with Gasteiger partial charge in [-0.3, -0.25) is 10.0 Å². The monoisotopic (exact) mass is 363 g/mol. The van der Waals surface area contributed by atoms with Crippen LogP contribution in [-0.2, 0) is 0 Å². The summed E-state index contributed by atoms with van der Waals surface area (Å²) in [6.45, 7) is 2.84. The van der Waals surface area contributed by atoms with Gasteiger partial charge in [0.2, 0.25) is 0 Å². The summed E-state index contributed by atoms with van der Waals surface area (Å²) in [5, 5.41) is 14.1. The van der Waals surface area contributed by atoms with E-state index in [1.54, 1.807) is 24.3 Å². The highest BCUT2D eigenvalue weighted by molar-refractivity contribution is 6.10. The minimum Gasteiger partial charge on any atom is -0.494 e. The number of ether oxygens (including phenoxy) is 1. The molecule has 0 atom stereocenters. The van der Waals surface area contributed by atoms with E-state index < -0.39 is 0 Å². The number of hydrazine groups is 2. The Labute approximate surface area is 157 Å². The minimum atomic E-state index is -0.246. The van der Waals surface area contributed by atoms with E-state index in [0.717, 1.165) is 34.5 Å². The molecule has 0 fully saturated rings. The zero-order valence-corrected chi connectivity index (χ0v) is 15.1. The molecule has 1 amide bonds. The number of carbonyl (C=O) groups is 1. The van der Waals surface area contributed by atoms with Gasteiger partial charge in [0, 0.05) is 5.56 Å². The summed E-state index contributed by atoms with van der Waals surface area (Å²) in [7, 11) is 0. The second-order valence-electron chi connectivity index (χ2n) is 6.47. The number of benzene rings is 3. The smallest absolute Gasteiger partial charge is 0.274 e. The number of hydrogen-bond acceptors (Lipinski definition) is 5. The number of nitrogens with zero attached hydrogens (tertiary/aromatic N) is 2. The molecule has 6 nitrogen and oxygen atoms in total. The van der Waals surface area contributed by atoms with Crippen LogP contribution in [0.3, 0.4) is 0 Å². The number of para-hydroxylation sites is 2. The number of rotatable bonds is 5. The van der Waals surface area contributed by atoms with E-state index in [-0.39, 0.29) is 5.91 Å². The highest BCUT2D eigenvalue weighted by Gasteiger charge is 2.29. The van der Waals surface area contributed by atoms with Gasteiger partial charge in [0.05, 0.1) is 12.3 Å². The molecule has 0 unspecified atom stereocenters. The molecular weight excluding hydrogens is 342 g/mol. The second kappa shape index (κ2) is 7.26. The lowest BCUT2D eigenvalue weighted by atomic mass is 10.1. The van der Waals surface area contributed by atoms with Crippen LogP contribution in [0.25, 0.3) is 10.8 Å². The van der Waals surface area contributed by atoms with Crippen molar-refractivity contribution in [3.05, 3.63) is 66.2 Å². The molecule has 3 aromatic rings. The van der Waals surface area contributed by atoms with Gasteiger partial charge in [-0.2, -0.15) is 5.17 Å². The summed E-state index contributed by atoms with van der Waals surface area (Å²) in [5.74, 6) is 0.588. The van der Waals surface area contributed by atoms with Crippen molar-refractivity contribution in [1.82, 2.24) is 5.53 Å². The molecule has 6 heteroatoms. The summed E-state index contributed by atoms with van der Waals surface area (Å²) in [6.07, 6.45) is 2.12. The lowest BCUT2D eigenvalue weighted by Crippen LogP contribution is -2.46. The molecule has 0 spiro atoms. The molecule has 4 rings (SSSR count). The number of anilines is 2. The van der Waals surface area contributed by atoms with Crippen molar-refractivity contribution >= 4 is 28.1 Å². The molecular formula is C21H21N3O3. The summed E-state index contributed by atoms with van der Waals surface area (Å²) in [5.41, 5.74) is 4.31. The lowest BCUT2D eigenvalue weighted by Gasteiger charge is -2.17. The predicted molar refractivity (Wildman–Crippen MR) is 105 cm³/mol. The van der Waals surface area contributed by atoms with Crippen LogP contribution in [0.1, 0.15) is 30.1 Å². The van der Waals surface area contributed by atoms with E-state index in [1.807, 2.05) is 36.4 Å². The molecule has 3 aromatic carbocycles. The first kappa shape index (κ1) is 17.3. The van der Waals surface area contributed by atoms with Gasteiger partial charge in [0.15, 0.2) is 0 Å². The Balaban J connectivity index is 1.59. The minimum absolute atomic E-state index is 0.246. The van der Waals surface area contributed by atoms with Gasteiger partial charge in [-0.05, 0) is 53.6 Å². The number of nitrogens with one attached hydrogen (secondary N) is 1. The number of carbonyl (C=O) groups excluding carboxylic acids is 1. The quantitative estimate of drug-likeness (QED) is 0.662. The first-order chi connectivity index (χ1) is 13.2. The molecule has 138 valence electrons. The maximum Gasteiger partial charge on any atom is 0.274 e. The summed E-state index contributed by atoms with van der Waals surface area (Å²) in [4.78, 5) is 12.9. The molecule has 0 radical (unpaired) electrons. The lowest BCUT2D eigenvalue weighted by molar-refractivity contribution is 0.0957. The van der Waals surface area contributed by atoms with Gasteiger partial charge in [0.1, 0.15) is 11.4 Å². The van der Waals surface area contributed by atoms with Crippen LogP contribution in [-0.4, -0.2) is 17.7 Å². The van der Waals surface area contributed by atoms with Crippen LogP contribution in [0.15, 0.2) is 60.7 Å². The molecule has 0 saturated heterocycles. The molecule has 1 heterocycles. The van der Waals surface area contributed by atoms with Crippen LogP contribution in [0.5, 0.6) is 5.75 Å². The number of fused-ring (bicyclic) bond motifs is 2. The Bertz CT molecular complexity index is 989. The zero-order valence-electron chi connectivity index (χ0n) is 15.1. The fraction of sp³-hybridized carbons (Fsp3) is 0.190. The maximum absolute atomic E-state index is 12.9. The third-order valence-electron chi connectivity index (χ3n) is 4.57. The van der Waals surface area contributed by atoms with Crippen molar-refractivity contribution < 1.29 is 14.7 Å². The SMILES string of the molecule is CCCCOc1ccc2cc(C(=O)N3NN(O)c4ccccc43)ccc2c1. The average molecular weight is 363 g/mol. The number of amides is 1. The molecule has 1 aliphatic rings. The van der Waals surface area contributed by atoms with Crippen molar-refractivity contribution in [2.75, 3.05) is 16.8 Å². The Hall–Kier alpha value is -3.09. The maximum atomic E-state index is 12.9. The third kappa shape index (κ3) is 3.32. The summed E-state index contributed by atoms with van der Waals surface area (Å²) >= 11 is 0. The van der Waals surface area contributed by atoms with Gasteiger partial charge in [0.25, 0.3) is 5.91 Å². The fourth-order valence-electron chi connectivity index (χ4n) is 3.10. The Morgan fingerprint density at radius 3 is 2.59 bits per heavy atom. The van der Waals surface area contributed by atoms with Crippen LogP contribution in [0.4, 0.5) is 11.4 Å². The number of unbranched alkanes of at least 4 members (excludes halogenated alkanes) is 1. The molecule has 0 aliphatic carbocycles. The van der Waals surface area contributed by atoms with Crippen LogP contribution < -0.4 is 20.5 Å². The third-order valence-corrected chi connectivity index (χ3v) is 4.57. The van der Waals surface area contributed by atoms with Gasteiger partial charge >= 0.3 is 0 Å². The largest absolute Gasteiger partial charge is 0.494 e. The molecule has 2 N–H and O–H groups in total. The van der Waals surface area contributed by atoms with Crippen molar-refractivity contribution in [2.45, 2.75) is 19.8 Å². The molecule has 0 saturated carbocycles. The number of hydrogen-bond donors (Lipinski definition) is 2. The molecule has 0 aromatic heterocycles. The fourth-order valence-corrected chi connectivity index (χ4v) is 3.10. The van der Waals surface area contributed by atoms with Crippen LogP contribution in [0.2, 0.25) is 0 Å². The van der Waals surface area contributed by atoms with Crippen molar-refractivity contribution in [3.8, 4) is 5.75 Å². The first-order valence-corrected chi connectivity index (χ1v) is 9.03. The summed E-state index contributed by atoms with van der Waals surface area (Å²) in [6, 6.07) is 18.5. The highest BCUT2D eigenvalue weighted by Crippen LogP contribution is 2.33. The Morgan fingerprint density at radius 2 is 1.78 bits per heavy atom. The second-order valence-corrected chi connectivity index (χ2v) is 6.47. The van der Waals surface area contributed by atoms with E-state index in [1.165, 1.54) is 5.01 Å². The van der Waals surface area contributed by atoms with Crippen molar-refractivity contribution in [1.29, 1.82) is 0 Å². The normalized spacial score (nSPS) is 13.1. The van der Waals surface area contributed by atoms with Crippen LogP contribution >= 0.6 is 0 Å². The van der Waals surface area contributed by atoms with E-state index in [4.69, 9.17) is 4.74 Å². The highest BCUT2D eigenvalue weighted by atomic mass is 16.6. The van der Waals surface area contributed by atoms with Crippen molar-refractivity contribution in [2.24, 2.45) is 0 Å². The van der Waals surface area contributed by atoms with Gasteiger partial charge in [-0.15, -0.1) is 5.53 Å². The standard InChI is InChI=1S/C21H21N3O3/c1-2-3-12-27-18-11-10-15-13-17(9-8-16(15)14-18)21(25)23-19-6-4-5-7-20(19)24(26)22-23/h4-11,13-14,22,26H,2-3,12H2,1H3. The molecule has 1 aliphatic heterocycles. The molecule has 0 bridgehead atoms. The molecule has 27 heavy (non-hydrogen) atoms. The van der Waals surface area contributed by atoms with Gasteiger partial charge in [-0.1, -0.05) is 37.6 Å².